The van der Waals surface area contributed by atoms with Crippen LogP contribution in [-0.4, -0.2) is 17.6 Å². The van der Waals surface area contributed by atoms with Gasteiger partial charge in [-0.1, -0.05) is 18.2 Å². The average molecular weight is 248 g/mol. The van der Waals surface area contributed by atoms with Crippen LogP contribution >= 0.6 is 11.6 Å². The number of rotatable bonds is 4. The molecule has 3 nitrogen and oxygen atoms in total. The van der Waals surface area contributed by atoms with Crippen molar-refractivity contribution in [1.29, 1.82) is 0 Å². The first kappa shape index (κ1) is 12.4. The zero-order chi connectivity index (χ0) is 12.3. The quantitative estimate of drug-likeness (QED) is 0.805. The van der Waals surface area contributed by atoms with E-state index in [9.17, 15) is 13.6 Å². The van der Waals surface area contributed by atoms with Crippen LogP contribution in [0.3, 0.4) is 0 Å². The van der Waals surface area contributed by atoms with Crippen molar-refractivity contribution < 1.29 is 18.7 Å². The molecule has 0 aliphatic heterocycles. The molecule has 0 atom stereocenters. The van der Waals surface area contributed by atoms with Crippen LogP contribution in [0, 0.1) is 11.6 Å². The second-order valence-electron chi connectivity index (χ2n) is 3.01. The summed E-state index contributed by atoms with van der Waals surface area (Å²) in [5, 5.41) is 10.8. The lowest BCUT2D eigenvalue weighted by Crippen LogP contribution is -2.12. The summed E-state index contributed by atoms with van der Waals surface area (Å²) in [6.45, 7) is 3.06. The number of carboxylic acids is 1. The predicted octanol–water partition coefficient (Wildman–Crippen LogP) is 2.67. The van der Waals surface area contributed by atoms with E-state index in [0.717, 1.165) is 6.07 Å². The molecule has 6 heteroatoms. The molecule has 0 saturated carbocycles. The molecule has 86 valence electrons. The van der Waals surface area contributed by atoms with Crippen molar-refractivity contribution in [2.24, 2.45) is 0 Å². The number of hydrogen-bond donors (Lipinski definition) is 2. The Kier molecular flexibility index (Phi) is 3.84. The molecule has 2 N–H and O–H groups in total. The number of carbonyl (C=O) groups is 1. The van der Waals surface area contributed by atoms with E-state index in [4.69, 9.17) is 16.7 Å². The van der Waals surface area contributed by atoms with Crippen molar-refractivity contribution in [3.8, 4) is 0 Å². The number of benzene rings is 1. The molecule has 0 spiro atoms. The highest BCUT2D eigenvalue weighted by molar-refractivity contribution is 6.33. The first-order valence-corrected chi connectivity index (χ1v) is 4.59. The van der Waals surface area contributed by atoms with E-state index in [-0.39, 0.29) is 22.8 Å². The molecule has 0 heterocycles. The molecular formula is C10H8ClF2NO2. The summed E-state index contributed by atoms with van der Waals surface area (Å²) in [7, 11) is 0. The van der Waals surface area contributed by atoms with Gasteiger partial charge in [-0.05, 0) is 6.07 Å². The monoisotopic (exact) mass is 247 g/mol. The maximum absolute atomic E-state index is 13.2. The SMILES string of the molecule is C=C(CNc1c(F)cc(F)cc1Cl)C(=O)O. The van der Waals surface area contributed by atoms with E-state index in [2.05, 4.69) is 11.9 Å². The Hall–Kier alpha value is -1.62. The molecule has 0 bridgehead atoms. The summed E-state index contributed by atoms with van der Waals surface area (Å²) in [6, 6.07) is 1.58. The Bertz CT molecular complexity index is 425. The highest BCUT2D eigenvalue weighted by Gasteiger charge is 2.11. The van der Waals surface area contributed by atoms with Crippen molar-refractivity contribution in [2.75, 3.05) is 11.9 Å². The molecule has 0 saturated heterocycles. The highest BCUT2D eigenvalue weighted by atomic mass is 35.5. The molecule has 0 aliphatic rings. The molecule has 1 aromatic carbocycles. The lowest BCUT2D eigenvalue weighted by Gasteiger charge is -2.09. The number of aliphatic carboxylic acids is 1. The lowest BCUT2D eigenvalue weighted by atomic mass is 10.2. The van der Waals surface area contributed by atoms with E-state index in [1.54, 1.807) is 0 Å². The van der Waals surface area contributed by atoms with Crippen LogP contribution in [0.5, 0.6) is 0 Å². The van der Waals surface area contributed by atoms with Crippen LogP contribution in [0.25, 0.3) is 0 Å². The van der Waals surface area contributed by atoms with Crippen molar-refractivity contribution in [1.82, 2.24) is 0 Å². The zero-order valence-electron chi connectivity index (χ0n) is 8.06. The minimum Gasteiger partial charge on any atom is -0.478 e. The number of hydrogen-bond acceptors (Lipinski definition) is 2. The van der Waals surface area contributed by atoms with E-state index >= 15 is 0 Å². The Morgan fingerprint density at radius 3 is 2.62 bits per heavy atom. The van der Waals surface area contributed by atoms with E-state index in [1.165, 1.54) is 0 Å². The summed E-state index contributed by atoms with van der Waals surface area (Å²) in [4.78, 5) is 10.4. The molecule has 0 aromatic heterocycles. The van der Waals surface area contributed by atoms with E-state index < -0.39 is 17.6 Å². The van der Waals surface area contributed by atoms with Crippen molar-refractivity contribution in [3.05, 3.63) is 40.9 Å². The van der Waals surface area contributed by atoms with Crippen LogP contribution in [-0.2, 0) is 4.79 Å². The van der Waals surface area contributed by atoms with Gasteiger partial charge >= 0.3 is 5.97 Å². The smallest absolute Gasteiger partial charge is 0.332 e. The maximum Gasteiger partial charge on any atom is 0.332 e. The molecule has 0 unspecified atom stereocenters. The van der Waals surface area contributed by atoms with Gasteiger partial charge in [0, 0.05) is 18.2 Å². The largest absolute Gasteiger partial charge is 0.478 e. The molecule has 0 radical (unpaired) electrons. The Balaban J connectivity index is 2.82. The Morgan fingerprint density at radius 2 is 2.12 bits per heavy atom. The van der Waals surface area contributed by atoms with E-state index in [0.29, 0.717) is 6.07 Å². The third-order valence-corrected chi connectivity index (χ3v) is 2.09. The number of halogens is 3. The predicted molar refractivity (Wildman–Crippen MR) is 56.6 cm³/mol. The van der Waals surface area contributed by atoms with Crippen molar-refractivity contribution in [2.45, 2.75) is 0 Å². The van der Waals surface area contributed by atoms with Gasteiger partial charge < -0.3 is 10.4 Å². The third-order valence-electron chi connectivity index (χ3n) is 1.79. The highest BCUT2D eigenvalue weighted by Crippen LogP contribution is 2.26. The number of nitrogens with one attached hydrogen (secondary N) is 1. The van der Waals surface area contributed by atoms with Gasteiger partial charge in [-0.3, -0.25) is 0 Å². The van der Waals surface area contributed by atoms with Crippen LogP contribution in [0.15, 0.2) is 24.3 Å². The van der Waals surface area contributed by atoms with Crippen molar-refractivity contribution in [3.63, 3.8) is 0 Å². The first-order valence-electron chi connectivity index (χ1n) is 4.21. The minimum atomic E-state index is -1.20. The van der Waals surface area contributed by atoms with Gasteiger partial charge in [-0.25, -0.2) is 13.6 Å². The Morgan fingerprint density at radius 1 is 1.50 bits per heavy atom. The Labute approximate surface area is 95.3 Å². The molecule has 0 aliphatic carbocycles. The van der Waals surface area contributed by atoms with Crippen LogP contribution in [0.2, 0.25) is 5.02 Å². The summed E-state index contributed by atoms with van der Waals surface area (Å²) in [5.41, 5.74) is -0.301. The van der Waals surface area contributed by atoms with Gasteiger partial charge in [-0.15, -0.1) is 0 Å². The lowest BCUT2D eigenvalue weighted by molar-refractivity contribution is -0.132. The fraction of sp³-hybridized carbons (Fsp3) is 0.100. The molecule has 0 fully saturated rings. The molecule has 16 heavy (non-hydrogen) atoms. The van der Waals surface area contributed by atoms with Gasteiger partial charge in [-0.2, -0.15) is 0 Å². The second kappa shape index (κ2) is 4.94. The van der Waals surface area contributed by atoms with Crippen LogP contribution in [0.4, 0.5) is 14.5 Å². The summed E-state index contributed by atoms with van der Waals surface area (Å²) < 4.78 is 25.9. The average Bonchev–Trinajstić information content (AvgIpc) is 2.15. The first-order chi connectivity index (χ1) is 7.41. The van der Waals surface area contributed by atoms with E-state index in [1.807, 2.05) is 0 Å². The number of anilines is 1. The van der Waals surface area contributed by atoms with Gasteiger partial charge in [0.25, 0.3) is 0 Å². The minimum absolute atomic E-state index is 0.148. The van der Waals surface area contributed by atoms with Crippen LogP contribution < -0.4 is 5.32 Å². The fourth-order valence-electron chi connectivity index (χ4n) is 0.982. The topological polar surface area (TPSA) is 49.3 Å². The standard InChI is InChI=1S/C10H8ClF2NO2/c1-5(10(15)16)4-14-9-7(11)2-6(12)3-8(9)13/h2-3,14H,1,4H2,(H,15,16). The van der Waals surface area contributed by atoms with Gasteiger partial charge in [0.1, 0.15) is 5.82 Å². The van der Waals surface area contributed by atoms with Gasteiger partial charge in [0.2, 0.25) is 0 Å². The van der Waals surface area contributed by atoms with Gasteiger partial charge in [0.15, 0.2) is 5.82 Å². The summed E-state index contributed by atoms with van der Waals surface area (Å²) >= 11 is 5.58. The number of carboxylic acid groups (broad SMARTS) is 1. The summed E-state index contributed by atoms with van der Waals surface area (Å²) in [5.74, 6) is -2.89. The maximum atomic E-state index is 13.2. The normalized spacial score (nSPS) is 9.94. The van der Waals surface area contributed by atoms with Crippen molar-refractivity contribution >= 4 is 23.3 Å². The second-order valence-corrected chi connectivity index (χ2v) is 3.41. The summed E-state index contributed by atoms with van der Waals surface area (Å²) in [6.07, 6.45) is 0. The zero-order valence-corrected chi connectivity index (χ0v) is 8.81. The molecule has 0 amide bonds. The fourth-order valence-corrected chi connectivity index (χ4v) is 1.24. The van der Waals surface area contributed by atoms with Crippen LogP contribution in [0.1, 0.15) is 0 Å². The molecule has 1 aromatic rings. The van der Waals surface area contributed by atoms with Gasteiger partial charge in [0.05, 0.1) is 10.7 Å². The molecule has 1 rings (SSSR count). The molecular weight excluding hydrogens is 240 g/mol. The third kappa shape index (κ3) is 2.93.